The van der Waals surface area contributed by atoms with Gasteiger partial charge in [0.2, 0.25) is 0 Å². The maximum Gasteiger partial charge on any atom is 0.144 e. The van der Waals surface area contributed by atoms with Crippen LogP contribution in [0.3, 0.4) is 0 Å². The second kappa shape index (κ2) is 12.2. The van der Waals surface area contributed by atoms with E-state index in [1.165, 1.54) is 50.7 Å². The first-order valence-electron chi connectivity index (χ1n) is 11.8. The molecular weight excluding hydrogens is 382 g/mol. The minimum atomic E-state index is 0.635. The van der Waals surface area contributed by atoms with Crippen LogP contribution >= 0.6 is 0 Å². The molecule has 0 bridgehead atoms. The first-order valence-corrected chi connectivity index (χ1v) is 11.8. The molecule has 0 unspecified atom stereocenters. The van der Waals surface area contributed by atoms with E-state index in [9.17, 15) is 0 Å². The Morgan fingerprint density at radius 1 is 0.968 bits per heavy atom. The Morgan fingerprint density at radius 2 is 1.74 bits per heavy atom. The summed E-state index contributed by atoms with van der Waals surface area (Å²) in [5.41, 5.74) is 6.36. The monoisotopic (exact) mass is 419 g/mol. The molecule has 0 radical (unpaired) electrons. The number of aromatic nitrogens is 2. The third kappa shape index (κ3) is 7.16. The van der Waals surface area contributed by atoms with Gasteiger partial charge in [0.05, 0.1) is 29.4 Å². The second-order valence-electron chi connectivity index (χ2n) is 8.26. The van der Waals surface area contributed by atoms with E-state index in [0.29, 0.717) is 6.61 Å². The van der Waals surface area contributed by atoms with Gasteiger partial charge in [-0.3, -0.25) is 4.99 Å². The predicted octanol–water partition coefficient (Wildman–Crippen LogP) is 7.77. The fourth-order valence-electron chi connectivity index (χ4n) is 3.91. The summed E-state index contributed by atoms with van der Waals surface area (Å²) in [5.74, 6) is 0.863. The number of rotatable bonds is 14. The number of H-pyrrole nitrogens is 2. The molecule has 0 spiro atoms. The molecule has 4 nitrogen and oxygen atoms in total. The molecule has 0 aliphatic carbocycles. The number of aryl methyl sites for hydroxylation is 1. The van der Waals surface area contributed by atoms with E-state index < -0.39 is 0 Å². The van der Waals surface area contributed by atoms with E-state index in [4.69, 9.17) is 9.73 Å². The normalized spacial score (nSPS) is 14.4. The fourth-order valence-corrected chi connectivity index (χ4v) is 3.91. The topological polar surface area (TPSA) is 53.2 Å². The average molecular weight is 420 g/mol. The Morgan fingerprint density at radius 3 is 2.45 bits per heavy atom. The zero-order chi connectivity index (χ0) is 21.9. The van der Waals surface area contributed by atoms with E-state index in [-0.39, 0.29) is 0 Å². The average Bonchev–Trinajstić information content (AvgIpc) is 3.48. The molecule has 2 aromatic heterocycles. The highest BCUT2D eigenvalue weighted by Gasteiger charge is 2.12. The molecule has 2 aromatic rings. The van der Waals surface area contributed by atoms with Gasteiger partial charge in [-0.2, -0.15) is 0 Å². The first-order chi connectivity index (χ1) is 15.2. The summed E-state index contributed by atoms with van der Waals surface area (Å²) in [6.45, 7) is 8.48. The number of unbranched alkanes of at least 4 members (excludes halogenated alkanes) is 7. The smallest absolute Gasteiger partial charge is 0.144 e. The van der Waals surface area contributed by atoms with Gasteiger partial charge in [-0.05, 0) is 69.9 Å². The van der Waals surface area contributed by atoms with Crippen molar-refractivity contribution < 1.29 is 4.74 Å². The highest BCUT2D eigenvalue weighted by molar-refractivity contribution is 5.99. The van der Waals surface area contributed by atoms with Crippen LogP contribution in [0.4, 0.5) is 0 Å². The lowest BCUT2D eigenvalue weighted by Crippen LogP contribution is -1.92. The van der Waals surface area contributed by atoms with Gasteiger partial charge >= 0.3 is 0 Å². The van der Waals surface area contributed by atoms with Crippen LogP contribution in [0.5, 0.6) is 5.75 Å². The summed E-state index contributed by atoms with van der Waals surface area (Å²) < 4.78 is 5.85. The first kappa shape index (κ1) is 22.9. The highest BCUT2D eigenvalue weighted by Crippen LogP contribution is 2.29. The number of aromatic amines is 2. The zero-order valence-electron chi connectivity index (χ0n) is 19.2. The number of nitrogens with one attached hydrogen (secondary N) is 2. The van der Waals surface area contributed by atoms with Crippen molar-refractivity contribution in [3.05, 3.63) is 60.1 Å². The van der Waals surface area contributed by atoms with E-state index in [2.05, 4.69) is 59.9 Å². The van der Waals surface area contributed by atoms with Crippen molar-refractivity contribution in [2.45, 2.75) is 71.6 Å². The van der Waals surface area contributed by atoms with Gasteiger partial charge < -0.3 is 14.7 Å². The van der Waals surface area contributed by atoms with Gasteiger partial charge in [-0.25, -0.2) is 0 Å². The summed E-state index contributed by atoms with van der Waals surface area (Å²) in [6, 6.07) is 6.22. The van der Waals surface area contributed by atoms with Crippen molar-refractivity contribution in [1.82, 2.24) is 9.97 Å². The minimum absolute atomic E-state index is 0.635. The fraction of sp³-hybridized carbons (Fsp3) is 0.444. The third-order valence-corrected chi connectivity index (χ3v) is 5.58. The van der Waals surface area contributed by atoms with Crippen molar-refractivity contribution in [3.63, 3.8) is 0 Å². The van der Waals surface area contributed by atoms with Crippen LogP contribution in [-0.4, -0.2) is 22.3 Å². The molecule has 0 saturated heterocycles. The Kier molecular flexibility index (Phi) is 9.01. The molecule has 2 N–H and O–H groups in total. The van der Waals surface area contributed by atoms with Crippen molar-refractivity contribution in [1.29, 1.82) is 0 Å². The predicted molar refractivity (Wildman–Crippen MR) is 133 cm³/mol. The van der Waals surface area contributed by atoms with Gasteiger partial charge in [0.25, 0.3) is 0 Å². The molecule has 3 heterocycles. The maximum atomic E-state index is 5.85. The molecule has 4 heteroatoms. The number of nitrogens with zero attached hydrogens (tertiary/aromatic N) is 1. The lowest BCUT2D eigenvalue weighted by molar-refractivity contribution is 0.340. The molecule has 0 amide bonds. The number of hydrogen-bond donors (Lipinski definition) is 2. The summed E-state index contributed by atoms with van der Waals surface area (Å²) in [6.07, 6.45) is 19.7. The van der Waals surface area contributed by atoms with Gasteiger partial charge in [-0.15, -0.1) is 6.58 Å². The quantitative estimate of drug-likeness (QED) is 0.238. The van der Waals surface area contributed by atoms with Crippen molar-refractivity contribution in [3.8, 4) is 17.1 Å². The summed E-state index contributed by atoms with van der Waals surface area (Å²) in [5, 5.41) is 0. The standard InChI is InChI=1S/C27H37N3O/c1-4-6-7-8-9-10-11-12-13-14-22-16-17-23(29-22)19-26-27(31-5-2)20-25(30-26)24-18-15-21(3)28-24/h4,15-20,28,30H,1,5-14H2,2-3H3. The SMILES string of the molecule is C=CCCCCCCCCCC1=NC(=Cc2[nH]c(-c3ccc(C)[nH]3)cc2OCC)C=C1. The van der Waals surface area contributed by atoms with Crippen LogP contribution in [0.15, 0.2) is 53.7 Å². The van der Waals surface area contributed by atoms with Gasteiger partial charge in [0.1, 0.15) is 5.75 Å². The summed E-state index contributed by atoms with van der Waals surface area (Å²) in [7, 11) is 0. The van der Waals surface area contributed by atoms with Gasteiger partial charge in [-0.1, -0.05) is 38.2 Å². The van der Waals surface area contributed by atoms with E-state index in [0.717, 1.165) is 47.1 Å². The number of allylic oxidation sites excluding steroid dienone is 3. The number of ether oxygens (including phenoxy) is 1. The molecule has 0 aromatic carbocycles. The minimum Gasteiger partial charge on any atom is -0.492 e. The lowest BCUT2D eigenvalue weighted by atomic mass is 10.1. The van der Waals surface area contributed by atoms with E-state index in [1.54, 1.807) is 0 Å². The molecule has 0 saturated carbocycles. The molecule has 1 aliphatic heterocycles. The zero-order valence-corrected chi connectivity index (χ0v) is 19.2. The van der Waals surface area contributed by atoms with Crippen LogP contribution < -0.4 is 4.74 Å². The molecule has 1 aliphatic rings. The van der Waals surface area contributed by atoms with Crippen molar-refractivity contribution >= 4 is 11.8 Å². The van der Waals surface area contributed by atoms with Crippen LogP contribution in [0.25, 0.3) is 17.5 Å². The maximum absolute atomic E-state index is 5.85. The highest BCUT2D eigenvalue weighted by atomic mass is 16.5. The Balaban J connectivity index is 1.50. The molecule has 0 fully saturated rings. The van der Waals surface area contributed by atoms with Crippen LogP contribution in [-0.2, 0) is 0 Å². The Labute approximate surface area is 187 Å². The Hall–Kier alpha value is -2.75. The second-order valence-corrected chi connectivity index (χ2v) is 8.26. The third-order valence-electron chi connectivity index (χ3n) is 5.58. The lowest BCUT2D eigenvalue weighted by Gasteiger charge is -2.02. The van der Waals surface area contributed by atoms with Crippen LogP contribution in [0.1, 0.15) is 76.1 Å². The van der Waals surface area contributed by atoms with Gasteiger partial charge in [0.15, 0.2) is 0 Å². The van der Waals surface area contributed by atoms with Crippen LogP contribution in [0, 0.1) is 6.92 Å². The molecule has 166 valence electrons. The van der Waals surface area contributed by atoms with Crippen molar-refractivity contribution in [2.24, 2.45) is 4.99 Å². The number of hydrogen-bond acceptors (Lipinski definition) is 2. The molecule has 0 atom stereocenters. The number of aliphatic imine (C=N–C) groups is 1. The van der Waals surface area contributed by atoms with E-state index in [1.807, 2.05) is 13.0 Å². The van der Waals surface area contributed by atoms with Crippen LogP contribution in [0.2, 0.25) is 0 Å². The molecule has 3 rings (SSSR count). The van der Waals surface area contributed by atoms with Gasteiger partial charge in [0, 0.05) is 17.5 Å². The summed E-state index contributed by atoms with van der Waals surface area (Å²) >= 11 is 0. The molecular formula is C27H37N3O. The van der Waals surface area contributed by atoms with E-state index >= 15 is 0 Å². The largest absolute Gasteiger partial charge is 0.492 e. The summed E-state index contributed by atoms with van der Waals surface area (Å²) in [4.78, 5) is 11.7. The Bertz CT molecular complexity index is 926. The van der Waals surface area contributed by atoms with Crippen molar-refractivity contribution in [2.75, 3.05) is 6.61 Å². The molecule has 31 heavy (non-hydrogen) atoms.